The Morgan fingerprint density at radius 3 is 2.24 bits per heavy atom. The van der Waals surface area contributed by atoms with Crippen LogP contribution in [-0.2, 0) is 19.1 Å². The second-order valence-electron chi connectivity index (χ2n) is 6.66. The number of ether oxygens (including phenoxy) is 2. The van der Waals surface area contributed by atoms with Crippen molar-refractivity contribution in [2.24, 2.45) is 0 Å². The lowest BCUT2D eigenvalue weighted by atomic mass is 10.0. The van der Waals surface area contributed by atoms with Crippen LogP contribution in [0.3, 0.4) is 0 Å². The molecule has 0 bridgehead atoms. The molecule has 146 valence electrons. The highest BCUT2D eigenvalue weighted by atomic mass is 16.5. The van der Waals surface area contributed by atoms with Crippen LogP contribution >= 0.6 is 0 Å². The zero-order valence-electron chi connectivity index (χ0n) is 16.6. The van der Waals surface area contributed by atoms with Crippen molar-refractivity contribution >= 4 is 11.9 Å². The summed E-state index contributed by atoms with van der Waals surface area (Å²) in [5, 5.41) is 0. The predicted molar refractivity (Wildman–Crippen MR) is 102 cm³/mol. The van der Waals surface area contributed by atoms with Gasteiger partial charge in [0, 0.05) is 13.3 Å². The van der Waals surface area contributed by atoms with Crippen LogP contribution in [0.2, 0.25) is 0 Å². The molecule has 0 spiro atoms. The van der Waals surface area contributed by atoms with E-state index < -0.39 is 0 Å². The predicted octanol–water partition coefficient (Wildman–Crippen LogP) is 5.74. The molecule has 0 aliphatic heterocycles. The number of allylic oxidation sites excluding steroid dienone is 2. The van der Waals surface area contributed by atoms with Crippen molar-refractivity contribution in [3.05, 3.63) is 12.2 Å². The van der Waals surface area contributed by atoms with Crippen molar-refractivity contribution in [3.63, 3.8) is 0 Å². The molecule has 0 aliphatic carbocycles. The van der Waals surface area contributed by atoms with Crippen LogP contribution in [0.4, 0.5) is 0 Å². The number of unbranched alkanes of at least 4 members (excludes halogenated alkanes) is 7. The van der Waals surface area contributed by atoms with Gasteiger partial charge in [-0.05, 0) is 44.9 Å². The lowest BCUT2D eigenvalue weighted by Crippen LogP contribution is -2.16. The highest BCUT2D eigenvalue weighted by Gasteiger charge is 2.10. The summed E-state index contributed by atoms with van der Waals surface area (Å²) in [6.45, 7) is 3.70. The van der Waals surface area contributed by atoms with E-state index in [1.165, 1.54) is 33.3 Å². The molecule has 1 atom stereocenters. The maximum atomic E-state index is 11.2. The van der Waals surface area contributed by atoms with Gasteiger partial charge in [0.15, 0.2) is 0 Å². The Bertz CT molecular complexity index is 363. The number of hydrogen-bond donors (Lipinski definition) is 0. The fourth-order valence-electron chi connectivity index (χ4n) is 2.80. The van der Waals surface area contributed by atoms with Crippen LogP contribution in [0.1, 0.15) is 97.3 Å². The minimum atomic E-state index is -0.185. The van der Waals surface area contributed by atoms with Gasteiger partial charge in [0.05, 0.1) is 7.11 Å². The van der Waals surface area contributed by atoms with Crippen molar-refractivity contribution in [1.29, 1.82) is 0 Å². The molecule has 1 unspecified atom stereocenters. The molecule has 0 aromatic carbocycles. The van der Waals surface area contributed by atoms with Gasteiger partial charge in [-0.25, -0.2) is 0 Å². The van der Waals surface area contributed by atoms with Gasteiger partial charge >= 0.3 is 11.9 Å². The number of rotatable bonds is 16. The van der Waals surface area contributed by atoms with Crippen molar-refractivity contribution < 1.29 is 19.1 Å². The normalized spacial score (nSPS) is 12.3. The lowest BCUT2D eigenvalue weighted by molar-refractivity contribution is -0.147. The van der Waals surface area contributed by atoms with E-state index in [4.69, 9.17) is 4.74 Å². The highest BCUT2D eigenvalue weighted by molar-refractivity contribution is 5.68. The second kappa shape index (κ2) is 17.5. The van der Waals surface area contributed by atoms with Crippen LogP contribution in [0.5, 0.6) is 0 Å². The molecule has 4 heteroatoms. The van der Waals surface area contributed by atoms with Gasteiger partial charge in [0.2, 0.25) is 0 Å². The monoisotopic (exact) mass is 354 g/mol. The van der Waals surface area contributed by atoms with E-state index >= 15 is 0 Å². The second-order valence-corrected chi connectivity index (χ2v) is 6.66. The van der Waals surface area contributed by atoms with Crippen molar-refractivity contribution in [2.45, 2.75) is 103 Å². The number of methoxy groups -OCH3 is 1. The number of esters is 2. The molecule has 0 rings (SSSR count). The van der Waals surface area contributed by atoms with E-state index in [0.717, 1.165) is 57.8 Å². The summed E-state index contributed by atoms with van der Waals surface area (Å²) in [7, 11) is 1.43. The minimum Gasteiger partial charge on any atom is -0.469 e. The maximum Gasteiger partial charge on any atom is 0.305 e. The largest absolute Gasteiger partial charge is 0.469 e. The third kappa shape index (κ3) is 17.3. The van der Waals surface area contributed by atoms with E-state index in [-0.39, 0.29) is 18.0 Å². The molecular weight excluding hydrogens is 316 g/mol. The summed E-state index contributed by atoms with van der Waals surface area (Å²) in [4.78, 5) is 22.3. The third-order valence-electron chi connectivity index (χ3n) is 4.26. The van der Waals surface area contributed by atoms with Gasteiger partial charge in [-0.3, -0.25) is 9.59 Å². The average molecular weight is 355 g/mol. The van der Waals surface area contributed by atoms with Crippen LogP contribution < -0.4 is 0 Å². The Kier molecular flexibility index (Phi) is 16.6. The molecule has 0 N–H and O–H groups in total. The minimum absolute atomic E-state index is 0.0351. The summed E-state index contributed by atoms with van der Waals surface area (Å²) in [5.74, 6) is -0.312. The Hall–Kier alpha value is -1.32. The molecule has 0 amide bonds. The summed E-state index contributed by atoms with van der Waals surface area (Å²) in [6.07, 6.45) is 18.0. The zero-order chi connectivity index (χ0) is 18.8. The maximum absolute atomic E-state index is 11.2. The van der Waals surface area contributed by atoms with Gasteiger partial charge < -0.3 is 9.47 Å². The molecule has 0 radical (unpaired) electrons. The molecule has 0 heterocycles. The summed E-state index contributed by atoms with van der Waals surface area (Å²) < 4.78 is 10.1. The topological polar surface area (TPSA) is 52.6 Å². The number of carbonyl (C=O) groups excluding carboxylic acids is 2. The summed E-state index contributed by atoms with van der Waals surface area (Å²) in [5.41, 5.74) is 0. The fraction of sp³-hybridized carbons (Fsp3) is 0.810. The average Bonchev–Trinajstić information content (AvgIpc) is 2.59. The Labute approximate surface area is 154 Å². The lowest BCUT2D eigenvalue weighted by Gasteiger charge is -2.16. The van der Waals surface area contributed by atoms with E-state index in [0.29, 0.717) is 6.42 Å². The first-order chi connectivity index (χ1) is 12.1. The molecule has 0 aromatic rings. The standard InChI is InChI=1S/C21H38O4/c1-4-5-6-7-8-10-13-16-20(25-19(2)22)17-14-11-9-12-15-18-21(23)24-3/h8,10,20H,4-7,9,11-18H2,1-3H3/b10-8-. The first-order valence-corrected chi connectivity index (χ1v) is 9.99. The third-order valence-corrected chi connectivity index (χ3v) is 4.26. The van der Waals surface area contributed by atoms with E-state index in [1.54, 1.807) is 0 Å². The molecule has 0 saturated carbocycles. The van der Waals surface area contributed by atoms with E-state index in [1.807, 2.05) is 0 Å². The first-order valence-electron chi connectivity index (χ1n) is 9.99. The zero-order valence-corrected chi connectivity index (χ0v) is 16.6. The van der Waals surface area contributed by atoms with Crippen LogP contribution in [0.25, 0.3) is 0 Å². The van der Waals surface area contributed by atoms with Crippen molar-refractivity contribution in [2.75, 3.05) is 7.11 Å². The van der Waals surface area contributed by atoms with Crippen LogP contribution in [0.15, 0.2) is 12.2 Å². The summed E-state index contributed by atoms with van der Waals surface area (Å²) in [6, 6.07) is 0. The van der Waals surface area contributed by atoms with Gasteiger partial charge in [-0.2, -0.15) is 0 Å². The quantitative estimate of drug-likeness (QED) is 0.201. The number of hydrogen-bond acceptors (Lipinski definition) is 4. The number of carbonyl (C=O) groups is 2. The van der Waals surface area contributed by atoms with E-state index in [9.17, 15) is 9.59 Å². The molecule has 0 aromatic heterocycles. The Balaban J connectivity index is 3.77. The molecule has 0 saturated heterocycles. The Morgan fingerprint density at radius 1 is 0.880 bits per heavy atom. The van der Waals surface area contributed by atoms with E-state index in [2.05, 4.69) is 23.8 Å². The van der Waals surface area contributed by atoms with Gasteiger partial charge in [-0.1, -0.05) is 51.2 Å². The molecule has 0 aliphatic rings. The van der Waals surface area contributed by atoms with Crippen molar-refractivity contribution in [1.82, 2.24) is 0 Å². The molecule has 0 fully saturated rings. The molecular formula is C21H38O4. The van der Waals surface area contributed by atoms with Crippen molar-refractivity contribution in [3.8, 4) is 0 Å². The smallest absolute Gasteiger partial charge is 0.305 e. The summed E-state index contributed by atoms with van der Waals surface area (Å²) >= 11 is 0. The highest BCUT2D eigenvalue weighted by Crippen LogP contribution is 2.15. The first kappa shape index (κ1) is 23.7. The Morgan fingerprint density at radius 2 is 1.56 bits per heavy atom. The molecule has 25 heavy (non-hydrogen) atoms. The fourth-order valence-corrected chi connectivity index (χ4v) is 2.80. The van der Waals surface area contributed by atoms with Gasteiger partial charge in [0.1, 0.15) is 6.10 Å². The SMILES string of the molecule is CCCCC/C=C\CCC(CCCCCCCC(=O)OC)OC(C)=O. The molecule has 4 nitrogen and oxygen atoms in total. The van der Waals surface area contributed by atoms with Gasteiger partial charge in [-0.15, -0.1) is 0 Å². The van der Waals surface area contributed by atoms with Crippen LogP contribution in [-0.4, -0.2) is 25.2 Å². The van der Waals surface area contributed by atoms with Gasteiger partial charge in [0.25, 0.3) is 0 Å². The van der Waals surface area contributed by atoms with Crippen LogP contribution in [0, 0.1) is 0 Å².